The molecule has 1 aliphatic carbocycles. The SMILES string of the molecule is CC(C)C(=O)C[C@@H](CCCCNC(=O)OCC1c2ccccc2-c2ccccc21)C(=O)N[C@H](C(=O)C[C@@H](CCCNC(N)=O)C(=O)Nc1ccc(COC(=O)Oc2ccc([N+](=O)[O-])cc2)cc1)C(C)C. The summed E-state index contributed by atoms with van der Waals surface area (Å²) in [7, 11) is 0. The van der Waals surface area contributed by atoms with Gasteiger partial charge in [0.25, 0.3) is 5.69 Å². The van der Waals surface area contributed by atoms with Gasteiger partial charge in [-0.25, -0.2) is 14.4 Å². The number of nitrogens with one attached hydrogen (secondary N) is 4. The van der Waals surface area contributed by atoms with E-state index in [1.54, 1.807) is 52.0 Å². The Bertz CT molecular complexity index is 2430. The largest absolute Gasteiger partial charge is 0.514 e. The lowest BCUT2D eigenvalue weighted by atomic mass is 9.87. The molecule has 0 aliphatic heterocycles. The van der Waals surface area contributed by atoms with E-state index in [0.29, 0.717) is 36.9 Å². The molecule has 3 atom stereocenters. The summed E-state index contributed by atoms with van der Waals surface area (Å²) in [5.74, 6) is -3.76. The van der Waals surface area contributed by atoms with Crippen molar-refractivity contribution in [1.82, 2.24) is 16.0 Å². The number of unbranched alkanes of at least 4 members (excludes halogenated alkanes) is 1. The van der Waals surface area contributed by atoms with Crippen LogP contribution in [0.2, 0.25) is 0 Å². The molecule has 0 heterocycles. The molecule has 0 radical (unpaired) electrons. The number of primary amides is 1. The number of non-ortho nitro benzene ring substituents is 1. The number of Topliss-reactive ketones (excluding diaryl/α,β-unsaturated/α-hetero) is 2. The fourth-order valence-electron chi connectivity index (χ4n) is 8.14. The van der Waals surface area contributed by atoms with E-state index in [0.717, 1.165) is 22.3 Å². The van der Waals surface area contributed by atoms with Crippen LogP contribution in [0.5, 0.6) is 5.75 Å². The van der Waals surface area contributed by atoms with E-state index in [-0.39, 0.29) is 86.3 Å². The zero-order valence-corrected chi connectivity index (χ0v) is 39.9. The molecular weight excluding hydrogens is 901 g/mol. The second-order valence-electron chi connectivity index (χ2n) is 17.9. The molecule has 0 bridgehead atoms. The molecule has 4 aromatic rings. The molecule has 372 valence electrons. The number of amides is 5. The molecule has 0 spiro atoms. The minimum absolute atomic E-state index is 0.0304. The highest BCUT2D eigenvalue weighted by molar-refractivity contribution is 5.98. The number of benzene rings is 4. The average molecular weight is 963 g/mol. The van der Waals surface area contributed by atoms with Crippen molar-refractivity contribution < 1.29 is 52.7 Å². The summed E-state index contributed by atoms with van der Waals surface area (Å²) in [6, 6.07) is 25.7. The molecule has 18 nitrogen and oxygen atoms in total. The van der Waals surface area contributed by atoms with E-state index in [1.807, 2.05) is 36.4 Å². The summed E-state index contributed by atoms with van der Waals surface area (Å²) in [6.07, 6.45) is -0.0187. The van der Waals surface area contributed by atoms with Gasteiger partial charge in [0.1, 0.15) is 24.7 Å². The van der Waals surface area contributed by atoms with E-state index in [4.69, 9.17) is 19.9 Å². The number of rotatable bonds is 26. The number of nitrogens with two attached hydrogens (primary N) is 1. The molecule has 4 aromatic carbocycles. The Hall–Kier alpha value is -7.63. The number of urea groups is 1. The van der Waals surface area contributed by atoms with Gasteiger partial charge in [0.05, 0.1) is 11.0 Å². The minimum Gasteiger partial charge on any atom is -0.449 e. The summed E-state index contributed by atoms with van der Waals surface area (Å²) in [5, 5.41) is 21.9. The van der Waals surface area contributed by atoms with Gasteiger partial charge in [-0.2, -0.15) is 0 Å². The zero-order valence-electron chi connectivity index (χ0n) is 39.9. The van der Waals surface area contributed by atoms with Crippen LogP contribution < -0.4 is 31.7 Å². The summed E-state index contributed by atoms with van der Waals surface area (Å²) in [4.78, 5) is 101. The number of alkyl carbamates (subject to hydrolysis) is 1. The molecular formula is C52H62N6O12. The molecule has 1 aliphatic rings. The lowest BCUT2D eigenvalue weighted by molar-refractivity contribution is -0.384. The first-order valence-electron chi connectivity index (χ1n) is 23.5. The van der Waals surface area contributed by atoms with Crippen molar-refractivity contribution in [2.24, 2.45) is 29.4 Å². The normalized spacial score (nSPS) is 12.9. The monoisotopic (exact) mass is 962 g/mol. The van der Waals surface area contributed by atoms with Crippen molar-refractivity contribution in [2.75, 3.05) is 25.0 Å². The number of hydrogen-bond donors (Lipinski definition) is 5. The molecule has 0 saturated heterocycles. The van der Waals surface area contributed by atoms with Gasteiger partial charge < -0.3 is 41.2 Å². The van der Waals surface area contributed by atoms with Crippen LogP contribution in [0, 0.1) is 33.8 Å². The number of fused-ring (bicyclic) bond motifs is 3. The van der Waals surface area contributed by atoms with Gasteiger partial charge in [-0.15, -0.1) is 0 Å². The average Bonchev–Trinajstić information content (AvgIpc) is 3.65. The first-order chi connectivity index (χ1) is 33.5. The highest BCUT2D eigenvalue weighted by atomic mass is 16.7. The Labute approximate surface area is 406 Å². The van der Waals surface area contributed by atoms with Gasteiger partial charge in [0.2, 0.25) is 11.8 Å². The number of hydrogen-bond acceptors (Lipinski definition) is 12. The molecule has 18 heteroatoms. The van der Waals surface area contributed by atoms with Crippen molar-refractivity contribution in [1.29, 1.82) is 0 Å². The van der Waals surface area contributed by atoms with Crippen LogP contribution in [0.4, 0.5) is 25.8 Å². The second-order valence-corrected chi connectivity index (χ2v) is 17.9. The van der Waals surface area contributed by atoms with Crippen LogP contribution in [-0.4, -0.2) is 72.3 Å². The number of ketones is 2. The van der Waals surface area contributed by atoms with E-state index in [1.165, 1.54) is 24.3 Å². The number of nitro groups is 1. The third-order valence-electron chi connectivity index (χ3n) is 12.0. The topological polar surface area (TPSA) is 264 Å². The molecule has 70 heavy (non-hydrogen) atoms. The maximum Gasteiger partial charge on any atom is 0.514 e. The molecule has 0 aromatic heterocycles. The quantitative estimate of drug-likeness (QED) is 0.0131. The summed E-state index contributed by atoms with van der Waals surface area (Å²) in [6.45, 7) is 7.52. The van der Waals surface area contributed by atoms with E-state index in [9.17, 15) is 43.7 Å². The summed E-state index contributed by atoms with van der Waals surface area (Å²) < 4.78 is 15.9. The van der Waals surface area contributed by atoms with Crippen molar-refractivity contribution in [2.45, 2.75) is 91.2 Å². The molecule has 0 fully saturated rings. The number of carbonyl (C=O) groups is 7. The Morgan fingerprint density at radius 3 is 1.87 bits per heavy atom. The number of nitrogens with zero attached hydrogens (tertiary/aromatic N) is 1. The third-order valence-corrected chi connectivity index (χ3v) is 12.0. The standard InChI is InChI=1S/C52H62N6O12/c1-32(2)45(59)28-35(12-9-10-26-55-51(64)68-31-44-42-16-7-5-14-40(42)41-15-6-8-17-43(41)44)49(62)57-47(33(3)4)46(60)29-36(13-11-27-54-50(53)63)48(61)56-37-20-18-34(19-21-37)30-69-52(65)70-39-24-22-38(23-25-39)58(66)67/h5-8,14-25,32-33,35-36,44,47H,9-13,26-31H2,1-4H3,(H,55,64)(H,56,61)(H,57,62)(H3,53,54,63)/t35-,36-,47+/m1/s1. The van der Waals surface area contributed by atoms with Gasteiger partial charge in [-0.05, 0) is 83.7 Å². The fourth-order valence-corrected chi connectivity index (χ4v) is 8.14. The van der Waals surface area contributed by atoms with E-state index in [2.05, 4.69) is 33.4 Å². The molecule has 0 unspecified atom stereocenters. The van der Waals surface area contributed by atoms with Crippen molar-refractivity contribution in [3.05, 3.63) is 124 Å². The van der Waals surface area contributed by atoms with E-state index < -0.39 is 52.9 Å². The molecule has 0 saturated carbocycles. The first kappa shape index (κ1) is 53.3. The second kappa shape index (κ2) is 26.2. The van der Waals surface area contributed by atoms with Gasteiger partial charge in [0, 0.05) is 67.4 Å². The Balaban J connectivity index is 1.13. The zero-order chi connectivity index (χ0) is 50.7. The smallest absolute Gasteiger partial charge is 0.449 e. The number of ether oxygens (including phenoxy) is 3. The maximum atomic E-state index is 14.1. The maximum absolute atomic E-state index is 14.1. The van der Waals surface area contributed by atoms with Crippen LogP contribution >= 0.6 is 0 Å². The van der Waals surface area contributed by atoms with Crippen molar-refractivity contribution >= 4 is 53.0 Å². The number of anilines is 1. The van der Waals surface area contributed by atoms with Crippen LogP contribution in [0.25, 0.3) is 11.1 Å². The lowest BCUT2D eigenvalue weighted by Gasteiger charge is -2.26. The van der Waals surface area contributed by atoms with E-state index >= 15 is 0 Å². The third kappa shape index (κ3) is 16.0. The van der Waals surface area contributed by atoms with Gasteiger partial charge in [0.15, 0.2) is 5.78 Å². The number of carbonyl (C=O) groups excluding carboxylic acids is 7. The molecule has 6 N–H and O–H groups in total. The van der Waals surface area contributed by atoms with Crippen molar-refractivity contribution in [3.8, 4) is 16.9 Å². The lowest BCUT2D eigenvalue weighted by Crippen LogP contribution is -2.48. The Morgan fingerprint density at radius 2 is 1.27 bits per heavy atom. The first-order valence-corrected chi connectivity index (χ1v) is 23.5. The van der Waals surface area contributed by atoms with Crippen LogP contribution in [0.1, 0.15) is 95.2 Å². The van der Waals surface area contributed by atoms with Crippen LogP contribution in [0.3, 0.4) is 0 Å². The molecule has 5 amide bonds. The minimum atomic E-state index is -1.03. The Kier molecular flexibility index (Phi) is 20.0. The Morgan fingerprint density at radius 1 is 0.686 bits per heavy atom. The predicted octanol–water partition coefficient (Wildman–Crippen LogP) is 8.35. The van der Waals surface area contributed by atoms with Gasteiger partial charge in [-0.1, -0.05) is 94.8 Å². The summed E-state index contributed by atoms with van der Waals surface area (Å²) >= 11 is 0. The molecule has 5 rings (SSSR count). The van der Waals surface area contributed by atoms with Crippen LogP contribution in [-0.2, 0) is 35.3 Å². The number of nitro benzene ring substituents is 1. The van der Waals surface area contributed by atoms with Crippen molar-refractivity contribution in [3.63, 3.8) is 0 Å². The summed E-state index contributed by atoms with van der Waals surface area (Å²) in [5.41, 5.74) is 10.5. The van der Waals surface area contributed by atoms with Gasteiger partial charge >= 0.3 is 18.3 Å². The van der Waals surface area contributed by atoms with Crippen LogP contribution in [0.15, 0.2) is 97.1 Å². The fraction of sp³-hybridized carbons (Fsp3) is 0.404. The highest BCUT2D eigenvalue weighted by Gasteiger charge is 2.33. The van der Waals surface area contributed by atoms with Gasteiger partial charge in [-0.3, -0.25) is 29.3 Å². The predicted molar refractivity (Wildman–Crippen MR) is 261 cm³/mol. The highest BCUT2D eigenvalue weighted by Crippen LogP contribution is 2.44.